The van der Waals surface area contributed by atoms with E-state index in [1.165, 1.54) is 24.0 Å². The van der Waals surface area contributed by atoms with Crippen LogP contribution in [0.4, 0.5) is 0 Å². The lowest BCUT2D eigenvalue weighted by molar-refractivity contribution is 0.509. The van der Waals surface area contributed by atoms with Crippen molar-refractivity contribution in [2.24, 2.45) is 5.92 Å². The van der Waals surface area contributed by atoms with Crippen LogP contribution in [0.3, 0.4) is 0 Å². The first kappa shape index (κ1) is 9.53. The van der Waals surface area contributed by atoms with Crippen molar-refractivity contribution in [3.05, 3.63) is 47.5 Å². The number of benzene rings is 1. The second kappa shape index (κ2) is 3.71. The molecule has 0 nitrogen and oxygen atoms in total. The van der Waals surface area contributed by atoms with Gasteiger partial charge in [0, 0.05) is 10.5 Å². The molecule has 2 bridgehead atoms. The fourth-order valence-electron chi connectivity index (χ4n) is 2.55. The largest absolute Gasteiger partial charge is 0.146 e. The molecular weight excluding hydrogens is 200 g/mol. The maximum absolute atomic E-state index is 2.44. The molecule has 1 fully saturated rings. The third-order valence-corrected chi connectivity index (χ3v) is 5.13. The van der Waals surface area contributed by atoms with Crippen LogP contribution in [0.5, 0.6) is 0 Å². The summed E-state index contributed by atoms with van der Waals surface area (Å²) in [6.45, 7) is 2.16. The Balaban J connectivity index is 1.89. The van der Waals surface area contributed by atoms with E-state index in [9.17, 15) is 0 Å². The average Bonchev–Trinajstić information content (AvgIpc) is 2.31. The summed E-state index contributed by atoms with van der Waals surface area (Å²) in [5.41, 5.74) is 2.88. The molecule has 2 heterocycles. The van der Waals surface area contributed by atoms with E-state index in [4.69, 9.17) is 0 Å². The SMILES string of the molecule is Cc1ccc([C@@H]2S[C@H]3C=C[C@@H]2CC3)cc1. The molecule has 1 saturated heterocycles. The molecule has 3 atom stereocenters. The van der Waals surface area contributed by atoms with Crippen LogP contribution >= 0.6 is 11.8 Å². The van der Waals surface area contributed by atoms with E-state index in [1.807, 2.05) is 0 Å². The third kappa shape index (κ3) is 1.74. The first-order valence-electron chi connectivity index (χ1n) is 5.73. The van der Waals surface area contributed by atoms with Crippen molar-refractivity contribution < 1.29 is 0 Å². The van der Waals surface area contributed by atoms with Crippen LogP contribution in [0.2, 0.25) is 0 Å². The number of allylic oxidation sites excluding steroid dienone is 1. The van der Waals surface area contributed by atoms with E-state index in [-0.39, 0.29) is 0 Å². The molecule has 1 aliphatic carbocycles. The van der Waals surface area contributed by atoms with Crippen molar-refractivity contribution in [1.29, 1.82) is 0 Å². The van der Waals surface area contributed by atoms with Crippen molar-refractivity contribution in [1.82, 2.24) is 0 Å². The summed E-state index contributed by atoms with van der Waals surface area (Å²) < 4.78 is 0. The number of rotatable bonds is 1. The van der Waals surface area contributed by atoms with Crippen molar-refractivity contribution in [3.63, 3.8) is 0 Å². The van der Waals surface area contributed by atoms with Gasteiger partial charge in [0.25, 0.3) is 0 Å². The Morgan fingerprint density at radius 3 is 2.40 bits per heavy atom. The number of hydrogen-bond donors (Lipinski definition) is 0. The molecule has 1 aromatic rings. The Hall–Kier alpha value is -0.690. The summed E-state index contributed by atoms with van der Waals surface area (Å²) in [7, 11) is 0. The van der Waals surface area contributed by atoms with Gasteiger partial charge in [-0.1, -0.05) is 42.0 Å². The Labute approximate surface area is 95.8 Å². The molecule has 1 aromatic carbocycles. The predicted octanol–water partition coefficient (Wildman–Crippen LogP) is 4.12. The van der Waals surface area contributed by atoms with Crippen LogP contribution in [0, 0.1) is 12.8 Å². The van der Waals surface area contributed by atoms with Crippen LogP contribution in [-0.2, 0) is 0 Å². The second-order valence-electron chi connectivity index (χ2n) is 4.63. The standard InChI is InChI=1S/C14H16S/c1-10-2-4-11(5-3-10)14-12-6-8-13(15-14)9-7-12/h2-6,8,12-14H,7,9H2,1H3/t12-,13+,14+/m1/s1. The summed E-state index contributed by atoms with van der Waals surface area (Å²) in [6.07, 6.45) is 7.61. The van der Waals surface area contributed by atoms with E-state index < -0.39 is 0 Å². The smallest absolute Gasteiger partial charge is 0.0365 e. The molecule has 0 aromatic heterocycles. The van der Waals surface area contributed by atoms with Gasteiger partial charge in [-0.3, -0.25) is 0 Å². The number of hydrogen-bond acceptors (Lipinski definition) is 1. The Bertz CT molecular complexity index is 377. The highest BCUT2D eigenvalue weighted by Crippen LogP contribution is 2.50. The molecule has 0 unspecified atom stereocenters. The molecular formula is C14H16S. The highest BCUT2D eigenvalue weighted by atomic mass is 32.2. The Morgan fingerprint density at radius 1 is 1.07 bits per heavy atom. The van der Waals surface area contributed by atoms with Gasteiger partial charge in [-0.2, -0.15) is 0 Å². The lowest BCUT2D eigenvalue weighted by Gasteiger charge is -2.37. The zero-order valence-corrected chi connectivity index (χ0v) is 9.84. The first-order valence-corrected chi connectivity index (χ1v) is 6.67. The molecule has 0 spiro atoms. The topological polar surface area (TPSA) is 0 Å². The lowest BCUT2D eigenvalue weighted by atomic mass is 9.88. The molecule has 78 valence electrons. The normalized spacial score (nSPS) is 33.3. The fraction of sp³-hybridized carbons (Fsp3) is 0.429. The summed E-state index contributed by atoms with van der Waals surface area (Å²) in [4.78, 5) is 0. The third-order valence-electron chi connectivity index (χ3n) is 3.47. The zero-order valence-electron chi connectivity index (χ0n) is 9.02. The van der Waals surface area contributed by atoms with E-state index in [2.05, 4.69) is 55.1 Å². The number of fused-ring (bicyclic) bond motifs is 2. The molecule has 0 amide bonds. The molecule has 0 saturated carbocycles. The Morgan fingerprint density at radius 2 is 1.87 bits per heavy atom. The molecule has 3 aliphatic rings. The molecule has 15 heavy (non-hydrogen) atoms. The van der Waals surface area contributed by atoms with E-state index in [0.29, 0.717) is 5.25 Å². The fourth-order valence-corrected chi connectivity index (χ4v) is 4.13. The van der Waals surface area contributed by atoms with Crippen LogP contribution in [0.1, 0.15) is 29.2 Å². The quantitative estimate of drug-likeness (QED) is 0.636. The van der Waals surface area contributed by atoms with Crippen LogP contribution in [-0.4, -0.2) is 5.25 Å². The van der Waals surface area contributed by atoms with Crippen LogP contribution < -0.4 is 0 Å². The summed E-state index contributed by atoms with van der Waals surface area (Å²) in [6, 6.07) is 9.09. The molecule has 0 N–H and O–H groups in total. The van der Waals surface area contributed by atoms with Crippen LogP contribution in [0.15, 0.2) is 36.4 Å². The van der Waals surface area contributed by atoms with Gasteiger partial charge in [0.2, 0.25) is 0 Å². The van der Waals surface area contributed by atoms with Gasteiger partial charge in [0.15, 0.2) is 0 Å². The lowest BCUT2D eigenvalue weighted by Crippen LogP contribution is -2.23. The van der Waals surface area contributed by atoms with Crippen molar-refractivity contribution in [3.8, 4) is 0 Å². The van der Waals surface area contributed by atoms with Gasteiger partial charge in [-0.05, 0) is 31.2 Å². The van der Waals surface area contributed by atoms with Crippen LogP contribution in [0.25, 0.3) is 0 Å². The zero-order chi connectivity index (χ0) is 10.3. The van der Waals surface area contributed by atoms with Gasteiger partial charge >= 0.3 is 0 Å². The van der Waals surface area contributed by atoms with Crippen molar-refractivity contribution in [2.75, 3.05) is 0 Å². The Kier molecular flexibility index (Phi) is 2.36. The highest BCUT2D eigenvalue weighted by Gasteiger charge is 2.33. The van der Waals surface area contributed by atoms with Crippen molar-refractivity contribution >= 4 is 11.8 Å². The predicted molar refractivity (Wildman–Crippen MR) is 67.2 cm³/mol. The van der Waals surface area contributed by atoms with Gasteiger partial charge < -0.3 is 0 Å². The van der Waals surface area contributed by atoms with Gasteiger partial charge in [-0.25, -0.2) is 0 Å². The average molecular weight is 216 g/mol. The minimum Gasteiger partial charge on any atom is -0.146 e. The van der Waals surface area contributed by atoms with Crippen molar-refractivity contribution in [2.45, 2.75) is 30.3 Å². The minimum atomic E-state index is 0.717. The summed E-state index contributed by atoms with van der Waals surface area (Å²) >= 11 is 2.15. The van der Waals surface area contributed by atoms with Gasteiger partial charge in [0.05, 0.1) is 0 Å². The maximum atomic E-state index is 2.44. The molecule has 4 rings (SSSR count). The highest BCUT2D eigenvalue weighted by molar-refractivity contribution is 8.00. The first-order chi connectivity index (χ1) is 7.33. The van der Waals surface area contributed by atoms with E-state index in [1.54, 1.807) is 0 Å². The molecule has 1 heteroatoms. The van der Waals surface area contributed by atoms with E-state index in [0.717, 1.165) is 11.2 Å². The maximum Gasteiger partial charge on any atom is 0.0365 e. The second-order valence-corrected chi connectivity index (χ2v) is 6.02. The monoisotopic (exact) mass is 216 g/mol. The number of aryl methyl sites for hydroxylation is 1. The number of thioether (sulfide) groups is 1. The molecule has 0 radical (unpaired) electrons. The van der Waals surface area contributed by atoms with Gasteiger partial charge in [-0.15, -0.1) is 11.8 Å². The summed E-state index contributed by atoms with van der Waals surface area (Å²) in [5.74, 6) is 0.780. The van der Waals surface area contributed by atoms with Gasteiger partial charge in [0.1, 0.15) is 0 Å². The summed E-state index contributed by atoms with van der Waals surface area (Å²) in [5, 5.41) is 1.50. The minimum absolute atomic E-state index is 0.717. The molecule has 2 aliphatic heterocycles. The van der Waals surface area contributed by atoms with E-state index >= 15 is 0 Å².